The molecular formula is C27H25N3O4S. The van der Waals surface area contributed by atoms with Gasteiger partial charge in [0.15, 0.2) is 0 Å². The van der Waals surface area contributed by atoms with E-state index in [1.54, 1.807) is 18.3 Å². The minimum absolute atomic E-state index is 0.0928. The molecule has 0 aliphatic carbocycles. The fraction of sp³-hybridized carbons (Fsp3) is 0.111. The van der Waals surface area contributed by atoms with E-state index in [0.717, 1.165) is 16.7 Å². The van der Waals surface area contributed by atoms with Gasteiger partial charge in [-0.1, -0.05) is 54.6 Å². The van der Waals surface area contributed by atoms with E-state index < -0.39 is 15.9 Å². The average Bonchev–Trinajstić information content (AvgIpc) is 2.87. The molecule has 7 nitrogen and oxygen atoms in total. The summed E-state index contributed by atoms with van der Waals surface area (Å²) in [6.07, 6.45) is 1.54. The number of carbonyl (C=O) groups is 1. The van der Waals surface area contributed by atoms with Crippen molar-refractivity contribution in [2.45, 2.75) is 18.7 Å². The molecule has 1 amide bonds. The number of sulfonamides is 1. The van der Waals surface area contributed by atoms with Crippen molar-refractivity contribution in [1.29, 1.82) is 0 Å². The SMILES string of the molecule is COc1ccc(NC(=O)c2ncccc2-c2ccccc2)cc1S(=O)(=O)Nc1c(C)cccc1C. The van der Waals surface area contributed by atoms with Gasteiger partial charge in [-0.3, -0.25) is 14.5 Å². The molecule has 0 spiro atoms. The highest BCUT2D eigenvalue weighted by atomic mass is 32.2. The van der Waals surface area contributed by atoms with Crippen LogP contribution in [0.5, 0.6) is 5.75 Å². The Kier molecular flexibility index (Phi) is 6.84. The molecule has 0 bridgehead atoms. The lowest BCUT2D eigenvalue weighted by Crippen LogP contribution is -2.18. The van der Waals surface area contributed by atoms with E-state index in [1.165, 1.54) is 19.2 Å². The van der Waals surface area contributed by atoms with Crippen molar-refractivity contribution in [3.05, 3.63) is 102 Å². The van der Waals surface area contributed by atoms with Gasteiger partial charge < -0.3 is 10.1 Å². The molecule has 0 radical (unpaired) electrons. The van der Waals surface area contributed by atoms with Gasteiger partial charge in [-0.15, -0.1) is 0 Å². The molecule has 0 fully saturated rings. The van der Waals surface area contributed by atoms with E-state index in [-0.39, 0.29) is 16.3 Å². The van der Waals surface area contributed by atoms with Crippen LogP contribution in [0.15, 0.2) is 90.0 Å². The molecule has 0 atom stereocenters. The van der Waals surface area contributed by atoms with Crippen molar-refractivity contribution < 1.29 is 17.9 Å². The maximum absolute atomic E-state index is 13.3. The lowest BCUT2D eigenvalue weighted by molar-refractivity contribution is 0.102. The summed E-state index contributed by atoms with van der Waals surface area (Å²) >= 11 is 0. The van der Waals surface area contributed by atoms with E-state index in [0.29, 0.717) is 16.9 Å². The van der Waals surface area contributed by atoms with Gasteiger partial charge in [-0.05, 0) is 54.8 Å². The summed E-state index contributed by atoms with van der Waals surface area (Å²) in [7, 11) is -2.62. The number of ether oxygens (including phenoxy) is 1. The van der Waals surface area contributed by atoms with Crippen molar-refractivity contribution in [2.75, 3.05) is 17.1 Å². The van der Waals surface area contributed by atoms with E-state index in [2.05, 4.69) is 15.0 Å². The third kappa shape index (κ3) is 5.17. The van der Waals surface area contributed by atoms with Crippen LogP contribution in [0.25, 0.3) is 11.1 Å². The smallest absolute Gasteiger partial charge is 0.274 e. The molecule has 8 heteroatoms. The van der Waals surface area contributed by atoms with Gasteiger partial charge >= 0.3 is 0 Å². The van der Waals surface area contributed by atoms with Gasteiger partial charge in [0.1, 0.15) is 16.3 Å². The number of carbonyl (C=O) groups excluding carboxylic acids is 1. The first-order chi connectivity index (χ1) is 16.8. The van der Waals surface area contributed by atoms with E-state index >= 15 is 0 Å². The number of nitrogens with zero attached hydrogens (tertiary/aromatic N) is 1. The van der Waals surface area contributed by atoms with Gasteiger partial charge in [0.2, 0.25) is 0 Å². The number of hydrogen-bond donors (Lipinski definition) is 2. The highest BCUT2D eigenvalue weighted by Gasteiger charge is 2.23. The summed E-state index contributed by atoms with van der Waals surface area (Å²) in [5.41, 5.74) is 4.13. The maximum Gasteiger partial charge on any atom is 0.274 e. The average molecular weight is 488 g/mol. The Balaban J connectivity index is 1.67. The van der Waals surface area contributed by atoms with Crippen molar-refractivity contribution in [3.63, 3.8) is 0 Å². The van der Waals surface area contributed by atoms with Crippen LogP contribution in [0.3, 0.4) is 0 Å². The van der Waals surface area contributed by atoms with Crippen molar-refractivity contribution in [2.24, 2.45) is 0 Å². The molecule has 4 aromatic rings. The van der Waals surface area contributed by atoms with Crippen molar-refractivity contribution >= 4 is 27.3 Å². The van der Waals surface area contributed by atoms with Crippen LogP contribution in [0.2, 0.25) is 0 Å². The minimum atomic E-state index is -4.02. The molecule has 1 heterocycles. The number of hydrogen-bond acceptors (Lipinski definition) is 5. The largest absolute Gasteiger partial charge is 0.495 e. The molecule has 2 N–H and O–H groups in total. The van der Waals surface area contributed by atoms with Crippen LogP contribution in [0, 0.1) is 13.8 Å². The van der Waals surface area contributed by atoms with E-state index in [4.69, 9.17) is 4.74 Å². The monoisotopic (exact) mass is 487 g/mol. The fourth-order valence-corrected chi connectivity index (χ4v) is 5.16. The van der Waals surface area contributed by atoms with Crippen LogP contribution in [-0.4, -0.2) is 26.4 Å². The quantitative estimate of drug-likeness (QED) is 0.362. The second-order valence-corrected chi connectivity index (χ2v) is 9.61. The minimum Gasteiger partial charge on any atom is -0.495 e. The lowest BCUT2D eigenvalue weighted by atomic mass is 10.0. The third-order valence-electron chi connectivity index (χ3n) is 5.54. The Morgan fingerprint density at radius 3 is 2.29 bits per heavy atom. The van der Waals surface area contributed by atoms with Crippen molar-refractivity contribution in [3.8, 4) is 16.9 Å². The molecule has 0 unspecified atom stereocenters. The van der Waals surface area contributed by atoms with E-state index in [1.807, 2.05) is 68.4 Å². The topological polar surface area (TPSA) is 97.4 Å². The Morgan fingerprint density at radius 2 is 1.60 bits per heavy atom. The number of aromatic nitrogens is 1. The zero-order chi connectivity index (χ0) is 25.0. The third-order valence-corrected chi connectivity index (χ3v) is 6.91. The number of rotatable bonds is 7. The standard InChI is InChI=1S/C27H25N3O4S/c1-18-9-7-10-19(2)25(18)30-35(32,33)24-17-21(14-15-23(24)34-3)29-27(31)26-22(13-8-16-28-26)20-11-5-4-6-12-20/h4-17,30H,1-3H3,(H,29,31). The van der Waals surface area contributed by atoms with Crippen LogP contribution in [-0.2, 0) is 10.0 Å². The zero-order valence-corrected chi connectivity index (χ0v) is 20.4. The Bertz CT molecular complexity index is 1470. The summed E-state index contributed by atoms with van der Waals surface area (Å²) < 4.78 is 34.6. The molecule has 0 saturated heterocycles. The number of pyridine rings is 1. The number of benzene rings is 3. The second kappa shape index (κ2) is 9.99. The lowest BCUT2D eigenvalue weighted by Gasteiger charge is -2.16. The molecule has 3 aromatic carbocycles. The summed E-state index contributed by atoms with van der Waals surface area (Å²) in [6.45, 7) is 3.66. The Morgan fingerprint density at radius 1 is 0.886 bits per heavy atom. The van der Waals surface area contributed by atoms with E-state index in [9.17, 15) is 13.2 Å². The molecule has 35 heavy (non-hydrogen) atoms. The van der Waals surface area contributed by atoms with Gasteiger partial charge in [-0.2, -0.15) is 0 Å². The number of methoxy groups -OCH3 is 1. The highest BCUT2D eigenvalue weighted by Crippen LogP contribution is 2.31. The first kappa shape index (κ1) is 24.0. The second-order valence-electron chi connectivity index (χ2n) is 7.96. The van der Waals surface area contributed by atoms with Gasteiger partial charge in [0.05, 0.1) is 12.8 Å². The normalized spacial score (nSPS) is 11.1. The number of amides is 1. The molecular weight excluding hydrogens is 462 g/mol. The van der Waals surface area contributed by atoms with Gasteiger partial charge in [-0.25, -0.2) is 8.42 Å². The summed E-state index contributed by atoms with van der Waals surface area (Å²) in [4.78, 5) is 17.3. The van der Waals surface area contributed by atoms with Crippen LogP contribution >= 0.6 is 0 Å². The zero-order valence-electron chi connectivity index (χ0n) is 19.6. The fourth-order valence-electron chi connectivity index (χ4n) is 3.76. The van der Waals surface area contributed by atoms with Crippen LogP contribution in [0.4, 0.5) is 11.4 Å². The van der Waals surface area contributed by atoms with Gasteiger partial charge in [0, 0.05) is 17.4 Å². The number of aryl methyl sites for hydroxylation is 2. The first-order valence-electron chi connectivity index (χ1n) is 10.9. The van der Waals surface area contributed by atoms with Gasteiger partial charge in [0.25, 0.3) is 15.9 Å². The predicted octanol–water partition coefficient (Wildman–Crippen LogP) is 5.43. The number of nitrogens with one attached hydrogen (secondary N) is 2. The molecule has 4 rings (SSSR count). The Labute approximate surface area is 204 Å². The van der Waals surface area contributed by atoms with Crippen LogP contribution < -0.4 is 14.8 Å². The van der Waals surface area contributed by atoms with Crippen molar-refractivity contribution in [1.82, 2.24) is 4.98 Å². The molecule has 0 aliphatic rings. The maximum atomic E-state index is 13.3. The molecule has 1 aromatic heterocycles. The highest BCUT2D eigenvalue weighted by molar-refractivity contribution is 7.92. The molecule has 178 valence electrons. The summed E-state index contributed by atoms with van der Waals surface area (Å²) in [5.74, 6) is -0.301. The molecule has 0 aliphatic heterocycles. The summed E-state index contributed by atoms with van der Waals surface area (Å²) in [5, 5.41) is 2.77. The van der Waals surface area contributed by atoms with Crippen LogP contribution in [0.1, 0.15) is 21.6 Å². The predicted molar refractivity (Wildman–Crippen MR) is 137 cm³/mol. The number of anilines is 2. The first-order valence-corrected chi connectivity index (χ1v) is 12.4. The Hall–Kier alpha value is -4.17. The number of para-hydroxylation sites is 1. The summed E-state index contributed by atoms with van der Waals surface area (Å²) in [6, 6.07) is 23.0. The molecule has 0 saturated carbocycles.